The van der Waals surface area contributed by atoms with E-state index in [9.17, 15) is 0 Å². The van der Waals surface area contributed by atoms with Gasteiger partial charge in [0.2, 0.25) is 0 Å². The Hall–Kier alpha value is -0.0400. The normalized spacial score (nSPS) is 22.6. The SMILES string of the molecule is CCCN1CC[CH]CCCC1. The lowest BCUT2D eigenvalue weighted by atomic mass is 10.1. The van der Waals surface area contributed by atoms with Crippen LogP contribution >= 0.6 is 0 Å². The zero-order valence-corrected chi connectivity index (χ0v) is 7.68. The first-order valence-corrected chi connectivity index (χ1v) is 4.97. The average Bonchev–Trinajstić information content (AvgIpc) is 1.94. The summed E-state index contributed by atoms with van der Waals surface area (Å²) in [5.74, 6) is 0. The van der Waals surface area contributed by atoms with Gasteiger partial charge in [-0.25, -0.2) is 0 Å². The highest BCUT2D eigenvalue weighted by molar-refractivity contribution is 4.71. The van der Waals surface area contributed by atoms with Crippen LogP contribution in [-0.2, 0) is 0 Å². The molecule has 1 saturated heterocycles. The van der Waals surface area contributed by atoms with Crippen molar-refractivity contribution in [3.8, 4) is 0 Å². The van der Waals surface area contributed by atoms with Crippen LogP contribution in [0.1, 0.15) is 39.0 Å². The van der Waals surface area contributed by atoms with Gasteiger partial charge >= 0.3 is 0 Å². The van der Waals surface area contributed by atoms with Crippen molar-refractivity contribution in [2.45, 2.75) is 39.0 Å². The lowest BCUT2D eigenvalue weighted by Crippen LogP contribution is -2.28. The summed E-state index contributed by atoms with van der Waals surface area (Å²) in [6.45, 7) is 6.20. The van der Waals surface area contributed by atoms with Crippen molar-refractivity contribution in [1.82, 2.24) is 4.90 Å². The molecule has 1 fully saturated rings. The minimum Gasteiger partial charge on any atom is -0.303 e. The van der Waals surface area contributed by atoms with Gasteiger partial charge in [-0.05, 0) is 45.3 Å². The molecule has 11 heavy (non-hydrogen) atoms. The largest absolute Gasteiger partial charge is 0.303 e. The summed E-state index contributed by atoms with van der Waals surface area (Å²) in [6, 6.07) is 0. The van der Waals surface area contributed by atoms with E-state index in [1.54, 1.807) is 0 Å². The molecule has 65 valence electrons. The van der Waals surface area contributed by atoms with E-state index in [1.165, 1.54) is 51.7 Å². The molecule has 1 aliphatic heterocycles. The van der Waals surface area contributed by atoms with Crippen LogP contribution in [0.3, 0.4) is 0 Å². The smallest absolute Gasteiger partial charge is 0.00160 e. The van der Waals surface area contributed by atoms with Crippen molar-refractivity contribution in [1.29, 1.82) is 0 Å². The molecular formula is C10H20N. The Kier molecular flexibility index (Phi) is 4.60. The third-order valence-corrected chi connectivity index (χ3v) is 2.32. The minimum absolute atomic E-state index is 1.30. The number of likely N-dealkylation sites (tertiary alicyclic amines) is 1. The highest BCUT2D eigenvalue weighted by Gasteiger charge is 2.05. The second-order valence-electron chi connectivity index (χ2n) is 3.41. The lowest BCUT2D eigenvalue weighted by Gasteiger charge is -2.23. The average molecular weight is 154 g/mol. The van der Waals surface area contributed by atoms with Crippen LogP contribution in [0.15, 0.2) is 0 Å². The lowest BCUT2D eigenvalue weighted by molar-refractivity contribution is 0.261. The molecule has 0 bridgehead atoms. The second kappa shape index (κ2) is 5.59. The Morgan fingerprint density at radius 3 is 2.91 bits per heavy atom. The molecule has 0 atom stereocenters. The highest BCUT2D eigenvalue weighted by atomic mass is 15.1. The molecule has 0 saturated carbocycles. The predicted octanol–water partition coefficient (Wildman–Crippen LogP) is 2.48. The first kappa shape index (κ1) is 9.05. The molecule has 0 amide bonds. The van der Waals surface area contributed by atoms with Crippen LogP contribution in [0, 0.1) is 6.42 Å². The molecule has 0 aliphatic carbocycles. The van der Waals surface area contributed by atoms with Gasteiger partial charge in [0.1, 0.15) is 0 Å². The summed E-state index contributed by atoms with van der Waals surface area (Å²) in [5, 5.41) is 0. The van der Waals surface area contributed by atoms with E-state index >= 15 is 0 Å². The molecule has 0 N–H and O–H groups in total. The quantitative estimate of drug-likeness (QED) is 0.590. The molecule has 1 aliphatic rings. The monoisotopic (exact) mass is 154 g/mol. The summed E-state index contributed by atoms with van der Waals surface area (Å²) in [5.41, 5.74) is 0. The van der Waals surface area contributed by atoms with Gasteiger partial charge in [0.25, 0.3) is 0 Å². The van der Waals surface area contributed by atoms with Crippen LogP contribution in [0.4, 0.5) is 0 Å². The zero-order chi connectivity index (χ0) is 7.94. The molecule has 1 rings (SSSR count). The first-order chi connectivity index (χ1) is 5.43. The molecule has 0 unspecified atom stereocenters. The summed E-state index contributed by atoms with van der Waals surface area (Å²) < 4.78 is 0. The second-order valence-corrected chi connectivity index (χ2v) is 3.41. The predicted molar refractivity (Wildman–Crippen MR) is 49.5 cm³/mol. The van der Waals surface area contributed by atoms with Gasteiger partial charge in [-0.1, -0.05) is 19.8 Å². The maximum Gasteiger partial charge on any atom is -0.00160 e. The first-order valence-electron chi connectivity index (χ1n) is 4.97. The molecule has 0 spiro atoms. The molecule has 0 aromatic carbocycles. The van der Waals surface area contributed by atoms with E-state index in [0.717, 1.165) is 0 Å². The zero-order valence-electron chi connectivity index (χ0n) is 7.68. The molecule has 0 aromatic rings. The van der Waals surface area contributed by atoms with E-state index in [4.69, 9.17) is 0 Å². The van der Waals surface area contributed by atoms with Gasteiger partial charge in [0.05, 0.1) is 0 Å². The maximum absolute atomic E-state index is 2.59. The third kappa shape index (κ3) is 3.76. The van der Waals surface area contributed by atoms with Crippen molar-refractivity contribution in [3.05, 3.63) is 6.42 Å². The van der Waals surface area contributed by atoms with Crippen molar-refractivity contribution in [3.63, 3.8) is 0 Å². The van der Waals surface area contributed by atoms with E-state index in [0.29, 0.717) is 0 Å². The van der Waals surface area contributed by atoms with Crippen molar-refractivity contribution in [2.24, 2.45) is 0 Å². The molecule has 1 heteroatoms. The van der Waals surface area contributed by atoms with Crippen LogP contribution in [0.5, 0.6) is 0 Å². The Bertz CT molecular complexity index is 82.9. The van der Waals surface area contributed by atoms with E-state index in [2.05, 4.69) is 18.2 Å². The van der Waals surface area contributed by atoms with Crippen LogP contribution < -0.4 is 0 Å². The number of rotatable bonds is 2. The standard InChI is InChI=1S/C10H20N/c1-2-8-11-9-6-4-3-5-7-10-11/h4H,2-3,5-10H2,1H3. The van der Waals surface area contributed by atoms with Crippen LogP contribution in [0.25, 0.3) is 0 Å². The topological polar surface area (TPSA) is 3.24 Å². The number of nitrogens with zero attached hydrogens (tertiary/aromatic N) is 1. The number of hydrogen-bond donors (Lipinski definition) is 0. The van der Waals surface area contributed by atoms with Crippen LogP contribution in [-0.4, -0.2) is 24.5 Å². The Morgan fingerprint density at radius 1 is 1.18 bits per heavy atom. The third-order valence-electron chi connectivity index (χ3n) is 2.32. The summed E-state index contributed by atoms with van der Waals surface area (Å²) in [6.07, 6.45) is 9.21. The molecule has 1 heterocycles. The highest BCUT2D eigenvalue weighted by Crippen LogP contribution is 2.09. The number of hydrogen-bond acceptors (Lipinski definition) is 1. The Morgan fingerprint density at radius 2 is 2.09 bits per heavy atom. The van der Waals surface area contributed by atoms with Gasteiger partial charge in [-0.3, -0.25) is 0 Å². The molecule has 1 nitrogen and oxygen atoms in total. The van der Waals surface area contributed by atoms with Gasteiger partial charge in [0.15, 0.2) is 0 Å². The Balaban J connectivity index is 2.15. The van der Waals surface area contributed by atoms with Gasteiger partial charge in [0, 0.05) is 0 Å². The molecule has 1 radical (unpaired) electrons. The van der Waals surface area contributed by atoms with Gasteiger partial charge in [-0.15, -0.1) is 0 Å². The van der Waals surface area contributed by atoms with Gasteiger partial charge in [-0.2, -0.15) is 0 Å². The van der Waals surface area contributed by atoms with Crippen LogP contribution in [0.2, 0.25) is 0 Å². The van der Waals surface area contributed by atoms with Crippen molar-refractivity contribution >= 4 is 0 Å². The van der Waals surface area contributed by atoms with E-state index < -0.39 is 0 Å². The van der Waals surface area contributed by atoms with E-state index in [1.807, 2.05) is 0 Å². The van der Waals surface area contributed by atoms with E-state index in [-0.39, 0.29) is 0 Å². The fourth-order valence-corrected chi connectivity index (χ4v) is 1.69. The maximum atomic E-state index is 2.59. The summed E-state index contributed by atoms with van der Waals surface area (Å²) in [4.78, 5) is 2.59. The minimum atomic E-state index is 1.30. The molecular weight excluding hydrogens is 134 g/mol. The van der Waals surface area contributed by atoms with Crippen molar-refractivity contribution < 1.29 is 0 Å². The summed E-state index contributed by atoms with van der Waals surface area (Å²) in [7, 11) is 0. The fraction of sp³-hybridized carbons (Fsp3) is 0.900. The summed E-state index contributed by atoms with van der Waals surface area (Å²) >= 11 is 0. The van der Waals surface area contributed by atoms with Crippen molar-refractivity contribution in [2.75, 3.05) is 19.6 Å². The molecule has 0 aromatic heterocycles. The Labute approximate surface area is 70.8 Å². The van der Waals surface area contributed by atoms with Gasteiger partial charge < -0.3 is 4.90 Å². The fourth-order valence-electron chi connectivity index (χ4n) is 1.69.